The van der Waals surface area contributed by atoms with Gasteiger partial charge in [0.2, 0.25) is 0 Å². The summed E-state index contributed by atoms with van der Waals surface area (Å²) in [5.74, 6) is -1.21. The number of hydrogen-bond donors (Lipinski definition) is 2. The van der Waals surface area contributed by atoms with Crippen molar-refractivity contribution in [1.82, 2.24) is 15.5 Å². The van der Waals surface area contributed by atoms with Crippen molar-refractivity contribution in [2.24, 2.45) is 0 Å². The lowest BCUT2D eigenvalue weighted by molar-refractivity contribution is -0.143. The first kappa shape index (κ1) is 33.1. The number of nitrogens with zero attached hydrogens (tertiary/aromatic N) is 3. The Morgan fingerprint density at radius 3 is 1.59 bits per heavy atom. The van der Waals surface area contributed by atoms with Crippen LogP contribution in [0.5, 0.6) is 0 Å². The van der Waals surface area contributed by atoms with E-state index < -0.39 is 36.1 Å². The third-order valence-electron chi connectivity index (χ3n) is 6.82. The number of anilines is 1. The van der Waals surface area contributed by atoms with Crippen LogP contribution in [0.15, 0.2) is 91.0 Å². The number of esters is 2. The lowest BCUT2D eigenvalue weighted by atomic mass is 10.1. The molecule has 0 saturated heterocycles. The second kappa shape index (κ2) is 17.6. The zero-order valence-electron chi connectivity index (χ0n) is 24.8. The van der Waals surface area contributed by atoms with Gasteiger partial charge in [-0.3, -0.25) is 4.90 Å². The van der Waals surface area contributed by atoms with Crippen LogP contribution in [-0.4, -0.2) is 74.8 Å². The normalized spacial score (nSPS) is 11.7. The molecular weight excluding hydrogens is 562 g/mol. The van der Waals surface area contributed by atoms with Gasteiger partial charge in [0, 0.05) is 38.2 Å². The van der Waals surface area contributed by atoms with Crippen LogP contribution in [0.25, 0.3) is 0 Å². The van der Waals surface area contributed by atoms with Crippen LogP contribution in [0.3, 0.4) is 0 Å². The van der Waals surface area contributed by atoms with E-state index >= 15 is 0 Å². The van der Waals surface area contributed by atoms with Crippen molar-refractivity contribution < 1.29 is 28.7 Å². The maximum absolute atomic E-state index is 13.6. The average Bonchev–Trinajstić information content (AvgIpc) is 3.06. The molecule has 0 aromatic heterocycles. The smallest absolute Gasteiger partial charge is 0.328 e. The molecule has 0 fully saturated rings. The van der Waals surface area contributed by atoms with Crippen LogP contribution in [0.2, 0.25) is 0 Å². The molecule has 4 amide bonds. The number of hydrogen-bond acceptors (Lipinski definition) is 7. The van der Waals surface area contributed by atoms with Crippen LogP contribution >= 0.6 is 0 Å². The van der Waals surface area contributed by atoms with E-state index in [1.807, 2.05) is 66.7 Å². The molecular formula is C33H37N5O6. The van der Waals surface area contributed by atoms with Gasteiger partial charge in [0.15, 0.2) is 0 Å². The monoisotopic (exact) mass is 599 g/mol. The van der Waals surface area contributed by atoms with E-state index in [1.54, 1.807) is 30.3 Å². The molecule has 0 saturated carbocycles. The van der Waals surface area contributed by atoms with E-state index in [9.17, 15) is 24.4 Å². The van der Waals surface area contributed by atoms with Crippen molar-refractivity contribution in [1.29, 1.82) is 5.26 Å². The number of benzene rings is 3. The molecule has 0 aliphatic rings. The number of methoxy groups -OCH3 is 2. The summed E-state index contributed by atoms with van der Waals surface area (Å²) < 4.78 is 9.87. The second-order valence-electron chi connectivity index (χ2n) is 9.81. The highest BCUT2D eigenvalue weighted by molar-refractivity contribution is 5.95. The zero-order valence-corrected chi connectivity index (χ0v) is 24.8. The van der Waals surface area contributed by atoms with Gasteiger partial charge >= 0.3 is 24.0 Å². The number of nitrogens with one attached hydrogen (secondary N) is 2. The van der Waals surface area contributed by atoms with Gasteiger partial charge in [-0.15, -0.1) is 0 Å². The standard InChI is InChI=1S/C33H37N5O6/c1-43-30(39)28(23-25-13-6-3-7-14-25)35-32(41)37(20-12-19-34)21-22-38(27-17-10-5-11-18-27)33(42)36-29(31(40)44-2)24-26-15-8-4-9-16-26/h3-11,13-18,28-29H,12,20-24H2,1-2H3,(H,35,41)(H,36,42)/t28-,29+/m1/s1. The van der Waals surface area contributed by atoms with Crippen molar-refractivity contribution in [2.45, 2.75) is 31.3 Å². The van der Waals surface area contributed by atoms with Crippen molar-refractivity contribution >= 4 is 29.7 Å². The fraction of sp³-hybridized carbons (Fsp3) is 0.303. The van der Waals surface area contributed by atoms with Crippen LogP contribution in [0.4, 0.5) is 15.3 Å². The van der Waals surface area contributed by atoms with Crippen LogP contribution in [-0.2, 0) is 31.9 Å². The number of carbonyl (C=O) groups is 4. The second-order valence-corrected chi connectivity index (χ2v) is 9.81. The van der Waals surface area contributed by atoms with Crippen LogP contribution in [0, 0.1) is 11.3 Å². The van der Waals surface area contributed by atoms with Crippen LogP contribution < -0.4 is 15.5 Å². The van der Waals surface area contributed by atoms with E-state index in [2.05, 4.69) is 10.6 Å². The molecule has 0 aliphatic carbocycles. The minimum absolute atomic E-state index is 0.0233. The largest absolute Gasteiger partial charge is 0.467 e. The molecule has 0 aliphatic heterocycles. The third kappa shape index (κ3) is 10.2. The van der Waals surface area contributed by atoms with Crippen molar-refractivity contribution in [3.8, 4) is 6.07 Å². The van der Waals surface area contributed by atoms with E-state index in [-0.39, 0.29) is 38.9 Å². The highest BCUT2D eigenvalue weighted by Crippen LogP contribution is 2.15. The Morgan fingerprint density at radius 1 is 0.682 bits per heavy atom. The van der Waals surface area contributed by atoms with E-state index in [0.717, 1.165) is 11.1 Å². The number of nitriles is 1. The predicted molar refractivity (Wildman–Crippen MR) is 165 cm³/mol. The Kier molecular flexibility index (Phi) is 13.2. The van der Waals surface area contributed by atoms with E-state index in [4.69, 9.17) is 9.47 Å². The lowest BCUT2D eigenvalue weighted by Gasteiger charge is -2.30. The van der Waals surface area contributed by atoms with Crippen LogP contribution in [0.1, 0.15) is 17.5 Å². The summed E-state index contributed by atoms with van der Waals surface area (Å²) in [6.07, 6.45) is 0.461. The minimum atomic E-state index is -0.966. The molecule has 3 aromatic rings. The fourth-order valence-corrected chi connectivity index (χ4v) is 4.51. The van der Waals surface area contributed by atoms with E-state index in [1.165, 1.54) is 24.0 Å². The van der Waals surface area contributed by atoms with Gasteiger partial charge in [0.25, 0.3) is 0 Å². The number of amides is 4. The van der Waals surface area contributed by atoms with Crippen molar-refractivity contribution in [3.05, 3.63) is 102 Å². The summed E-state index contributed by atoms with van der Waals surface area (Å²) in [6, 6.07) is 26.2. The number of urea groups is 2. The molecule has 230 valence electrons. The zero-order chi connectivity index (χ0) is 31.7. The summed E-state index contributed by atoms with van der Waals surface area (Å²) in [4.78, 5) is 55.0. The minimum Gasteiger partial charge on any atom is -0.467 e. The third-order valence-corrected chi connectivity index (χ3v) is 6.82. The highest BCUT2D eigenvalue weighted by atomic mass is 16.5. The van der Waals surface area contributed by atoms with Gasteiger partial charge in [-0.1, -0.05) is 78.9 Å². The quantitative estimate of drug-likeness (QED) is 0.269. The molecule has 0 spiro atoms. The fourth-order valence-electron chi connectivity index (χ4n) is 4.51. The molecule has 3 aromatic carbocycles. The lowest BCUT2D eigenvalue weighted by Crippen LogP contribution is -2.53. The first-order valence-corrected chi connectivity index (χ1v) is 14.1. The summed E-state index contributed by atoms with van der Waals surface area (Å²) in [5, 5.41) is 14.7. The summed E-state index contributed by atoms with van der Waals surface area (Å²) >= 11 is 0. The Balaban J connectivity index is 1.79. The predicted octanol–water partition coefficient (Wildman–Crippen LogP) is 3.70. The first-order valence-electron chi connectivity index (χ1n) is 14.1. The summed E-state index contributed by atoms with van der Waals surface area (Å²) in [7, 11) is 2.50. The highest BCUT2D eigenvalue weighted by Gasteiger charge is 2.28. The van der Waals surface area contributed by atoms with Gasteiger partial charge in [-0.2, -0.15) is 5.26 Å². The molecule has 44 heavy (non-hydrogen) atoms. The maximum Gasteiger partial charge on any atom is 0.328 e. The maximum atomic E-state index is 13.6. The van der Waals surface area contributed by atoms with Gasteiger partial charge in [-0.05, 0) is 23.3 Å². The topological polar surface area (TPSA) is 141 Å². The molecule has 0 heterocycles. The Hall–Kier alpha value is -5.37. The van der Waals surface area contributed by atoms with Gasteiger partial charge < -0.3 is 25.0 Å². The molecule has 11 heteroatoms. The molecule has 3 rings (SSSR count). The SMILES string of the molecule is COC(=O)[C@H](Cc1ccccc1)NC(=O)N(CCN(CCC#N)C(=O)N[C@H](Cc1ccccc1)C(=O)OC)c1ccccc1. The molecule has 2 N–H and O–H groups in total. The van der Waals surface area contributed by atoms with Gasteiger partial charge in [0.05, 0.1) is 26.7 Å². The van der Waals surface area contributed by atoms with Crippen molar-refractivity contribution in [2.75, 3.05) is 38.8 Å². The molecule has 11 nitrogen and oxygen atoms in total. The van der Waals surface area contributed by atoms with Crippen molar-refractivity contribution in [3.63, 3.8) is 0 Å². The summed E-state index contributed by atoms with van der Waals surface area (Å²) in [6.45, 7) is 0.108. The first-order chi connectivity index (χ1) is 21.4. The van der Waals surface area contributed by atoms with Gasteiger partial charge in [0.1, 0.15) is 12.1 Å². The number of rotatable bonds is 14. The number of carbonyl (C=O) groups excluding carboxylic acids is 4. The Labute approximate surface area is 257 Å². The molecule has 0 unspecified atom stereocenters. The molecule has 0 bridgehead atoms. The Morgan fingerprint density at radius 2 is 1.14 bits per heavy atom. The molecule has 2 atom stereocenters. The van der Waals surface area contributed by atoms with E-state index in [0.29, 0.717) is 5.69 Å². The number of para-hydroxylation sites is 1. The Bertz CT molecular complexity index is 1400. The number of ether oxygens (including phenoxy) is 2. The van der Waals surface area contributed by atoms with Gasteiger partial charge in [-0.25, -0.2) is 19.2 Å². The molecule has 0 radical (unpaired) electrons. The average molecular weight is 600 g/mol. The summed E-state index contributed by atoms with van der Waals surface area (Å²) in [5.41, 5.74) is 2.20.